The van der Waals surface area contributed by atoms with E-state index in [9.17, 15) is 16.8 Å². The molecule has 9 heteroatoms. The lowest BCUT2D eigenvalue weighted by Gasteiger charge is -2.25. The molecule has 0 amide bonds. The molecule has 0 aromatic rings. The van der Waals surface area contributed by atoms with Crippen LogP contribution in [-0.4, -0.2) is 45.5 Å². The number of sulfone groups is 1. The van der Waals surface area contributed by atoms with Gasteiger partial charge in [-0.15, -0.1) is 0 Å². The summed E-state index contributed by atoms with van der Waals surface area (Å²) in [5.41, 5.74) is 5.36. The van der Waals surface area contributed by atoms with Gasteiger partial charge >= 0.3 is 0 Å². The summed E-state index contributed by atoms with van der Waals surface area (Å²) in [6, 6.07) is -0.700. The predicted octanol–water partition coefficient (Wildman–Crippen LogP) is -0.412. The fourth-order valence-corrected chi connectivity index (χ4v) is 5.52. The number of hydrogen-bond acceptors (Lipinski definition) is 5. The molecule has 1 unspecified atom stereocenters. The van der Waals surface area contributed by atoms with E-state index in [1.54, 1.807) is 0 Å². The molecule has 4 N–H and O–H groups in total. The fourth-order valence-electron chi connectivity index (χ4n) is 2.04. The first-order valence-electron chi connectivity index (χ1n) is 6.23. The standard InChI is InChI=1S/C10H21N3O4S2/c1-2-3-9(10(11)12)13-19(16,17)8-4-6-18(14,15)7-5-8/h8-9,13H,2-7H2,1H3,(H3,11,12). The maximum atomic E-state index is 12.1. The Kier molecular flexibility index (Phi) is 5.34. The van der Waals surface area contributed by atoms with E-state index in [2.05, 4.69) is 4.72 Å². The summed E-state index contributed by atoms with van der Waals surface area (Å²) >= 11 is 0. The molecule has 1 aliphatic rings. The number of hydrogen-bond donors (Lipinski definition) is 3. The minimum absolute atomic E-state index is 0.100. The lowest BCUT2D eigenvalue weighted by Crippen LogP contribution is -2.48. The van der Waals surface area contributed by atoms with Gasteiger partial charge in [-0.05, 0) is 19.3 Å². The Morgan fingerprint density at radius 1 is 1.42 bits per heavy atom. The van der Waals surface area contributed by atoms with Gasteiger partial charge in [0.05, 0.1) is 22.8 Å². The largest absolute Gasteiger partial charge is 0.386 e. The molecule has 0 aromatic carbocycles. The lowest BCUT2D eigenvalue weighted by atomic mass is 10.2. The fraction of sp³-hybridized carbons (Fsp3) is 0.900. The Morgan fingerprint density at radius 2 is 1.95 bits per heavy atom. The minimum atomic E-state index is -3.64. The van der Waals surface area contributed by atoms with E-state index in [0.29, 0.717) is 12.8 Å². The third-order valence-corrected chi connectivity index (χ3v) is 6.88. The summed E-state index contributed by atoms with van der Waals surface area (Å²) in [4.78, 5) is 0. The predicted molar refractivity (Wildman–Crippen MR) is 74.3 cm³/mol. The van der Waals surface area contributed by atoms with Crippen molar-refractivity contribution < 1.29 is 16.8 Å². The van der Waals surface area contributed by atoms with Gasteiger partial charge in [0.2, 0.25) is 10.0 Å². The Bertz CT molecular complexity index is 513. The van der Waals surface area contributed by atoms with Crippen LogP contribution in [0, 0.1) is 5.41 Å². The molecule has 112 valence electrons. The first-order chi connectivity index (χ1) is 8.68. The highest BCUT2D eigenvalue weighted by atomic mass is 32.2. The first-order valence-corrected chi connectivity index (χ1v) is 9.60. The van der Waals surface area contributed by atoms with E-state index in [1.165, 1.54) is 0 Å². The van der Waals surface area contributed by atoms with E-state index in [1.807, 2.05) is 6.92 Å². The van der Waals surface area contributed by atoms with Crippen molar-refractivity contribution in [3.8, 4) is 0 Å². The lowest BCUT2D eigenvalue weighted by molar-refractivity contribution is 0.533. The van der Waals surface area contributed by atoms with Crippen LogP contribution in [0.1, 0.15) is 32.6 Å². The van der Waals surface area contributed by atoms with Crippen LogP contribution in [0.15, 0.2) is 0 Å². The number of sulfonamides is 1. The third kappa shape index (κ3) is 4.73. The van der Waals surface area contributed by atoms with Crippen LogP contribution < -0.4 is 10.5 Å². The summed E-state index contributed by atoms with van der Waals surface area (Å²) in [6.07, 6.45) is 1.37. The van der Waals surface area contributed by atoms with Crippen LogP contribution in [0.25, 0.3) is 0 Å². The van der Waals surface area contributed by atoms with Gasteiger partial charge in [-0.25, -0.2) is 21.6 Å². The van der Waals surface area contributed by atoms with Crippen molar-refractivity contribution in [2.45, 2.75) is 43.9 Å². The van der Waals surface area contributed by atoms with Crippen LogP contribution in [0.3, 0.4) is 0 Å². The van der Waals surface area contributed by atoms with Crippen molar-refractivity contribution in [2.24, 2.45) is 5.73 Å². The van der Waals surface area contributed by atoms with E-state index in [4.69, 9.17) is 11.1 Å². The van der Waals surface area contributed by atoms with Crippen molar-refractivity contribution >= 4 is 25.7 Å². The van der Waals surface area contributed by atoms with Crippen molar-refractivity contribution in [1.82, 2.24) is 4.72 Å². The molecule has 0 spiro atoms. The van der Waals surface area contributed by atoms with E-state index < -0.39 is 31.2 Å². The smallest absolute Gasteiger partial charge is 0.215 e. The second kappa shape index (κ2) is 6.19. The van der Waals surface area contributed by atoms with Gasteiger partial charge in [-0.2, -0.15) is 0 Å². The Morgan fingerprint density at radius 3 is 2.37 bits per heavy atom. The minimum Gasteiger partial charge on any atom is -0.386 e. The summed E-state index contributed by atoms with van der Waals surface area (Å²) in [7, 11) is -6.73. The maximum Gasteiger partial charge on any atom is 0.215 e. The van der Waals surface area contributed by atoms with E-state index >= 15 is 0 Å². The van der Waals surface area contributed by atoms with E-state index in [0.717, 1.165) is 0 Å². The van der Waals surface area contributed by atoms with Gasteiger partial charge in [0, 0.05) is 0 Å². The number of nitrogens with two attached hydrogens (primary N) is 1. The zero-order valence-electron chi connectivity index (χ0n) is 10.9. The average Bonchev–Trinajstić information content (AvgIpc) is 2.27. The molecule has 1 saturated heterocycles. The highest BCUT2D eigenvalue weighted by molar-refractivity contribution is 7.92. The van der Waals surface area contributed by atoms with E-state index in [-0.39, 0.29) is 30.2 Å². The van der Waals surface area contributed by atoms with Crippen LogP contribution >= 0.6 is 0 Å². The Balaban J connectivity index is 2.73. The molecule has 0 aromatic heterocycles. The average molecular weight is 311 g/mol. The van der Waals surface area contributed by atoms with Gasteiger partial charge in [-0.1, -0.05) is 13.3 Å². The highest BCUT2D eigenvalue weighted by Gasteiger charge is 2.34. The van der Waals surface area contributed by atoms with Gasteiger partial charge in [0.1, 0.15) is 15.7 Å². The van der Waals surface area contributed by atoms with Gasteiger partial charge < -0.3 is 5.73 Å². The number of nitrogens with one attached hydrogen (secondary N) is 2. The summed E-state index contributed by atoms with van der Waals surface area (Å²) in [5.74, 6) is -0.414. The monoisotopic (exact) mass is 311 g/mol. The zero-order valence-corrected chi connectivity index (χ0v) is 12.6. The third-order valence-electron chi connectivity index (χ3n) is 3.20. The zero-order chi connectivity index (χ0) is 14.7. The quantitative estimate of drug-likeness (QED) is 0.453. The normalized spacial score (nSPS) is 21.9. The van der Waals surface area contributed by atoms with Gasteiger partial charge in [-0.3, -0.25) is 5.41 Å². The molecule has 0 bridgehead atoms. The Labute approximate surface area is 114 Å². The number of amidine groups is 1. The van der Waals surface area contributed by atoms with Crippen molar-refractivity contribution in [1.29, 1.82) is 5.41 Å². The molecule has 0 aliphatic carbocycles. The molecular weight excluding hydrogens is 290 g/mol. The van der Waals surface area contributed by atoms with Crippen LogP contribution in [0.5, 0.6) is 0 Å². The molecule has 1 atom stereocenters. The SMILES string of the molecule is CCCC(NS(=O)(=O)C1CCS(=O)(=O)CC1)C(=N)N. The molecule has 1 fully saturated rings. The Hall–Kier alpha value is -0.670. The topological polar surface area (TPSA) is 130 Å². The first kappa shape index (κ1) is 16.4. The highest BCUT2D eigenvalue weighted by Crippen LogP contribution is 2.19. The summed E-state index contributed by atoms with van der Waals surface area (Å²) < 4.78 is 49.2. The van der Waals surface area contributed by atoms with Crippen LogP contribution in [0.2, 0.25) is 0 Å². The van der Waals surface area contributed by atoms with Gasteiger partial charge in [0.15, 0.2) is 0 Å². The molecule has 0 radical (unpaired) electrons. The molecular formula is C10H21N3O4S2. The molecule has 1 heterocycles. The maximum absolute atomic E-state index is 12.1. The second-order valence-electron chi connectivity index (χ2n) is 4.81. The summed E-state index contributed by atoms with van der Waals surface area (Å²) in [6.45, 7) is 1.87. The molecule has 7 nitrogen and oxygen atoms in total. The van der Waals surface area contributed by atoms with Crippen LogP contribution in [0.4, 0.5) is 0 Å². The summed E-state index contributed by atoms with van der Waals surface area (Å²) in [5, 5.41) is 6.65. The number of rotatable bonds is 6. The van der Waals surface area contributed by atoms with Crippen LogP contribution in [-0.2, 0) is 19.9 Å². The molecule has 1 rings (SSSR count). The van der Waals surface area contributed by atoms with Crippen molar-refractivity contribution in [3.05, 3.63) is 0 Å². The molecule has 1 aliphatic heterocycles. The van der Waals surface area contributed by atoms with Crippen molar-refractivity contribution in [2.75, 3.05) is 11.5 Å². The second-order valence-corrected chi connectivity index (χ2v) is 9.11. The van der Waals surface area contributed by atoms with Crippen molar-refractivity contribution in [3.63, 3.8) is 0 Å². The molecule has 19 heavy (non-hydrogen) atoms. The molecule has 0 saturated carbocycles. The van der Waals surface area contributed by atoms with Gasteiger partial charge in [0.25, 0.3) is 0 Å².